The van der Waals surface area contributed by atoms with Crippen molar-refractivity contribution in [3.8, 4) is 22.4 Å². The van der Waals surface area contributed by atoms with Gasteiger partial charge in [-0.05, 0) is 29.8 Å². The van der Waals surface area contributed by atoms with Crippen molar-refractivity contribution >= 4 is 28.2 Å². The molecule has 1 unspecified atom stereocenters. The first-order valence-electron chi connectivity index (χ1n) is 9.36. The molecular formula is C22H21FN4OS. The number of benzene rings is 2. The molecule has 2 aromatic carbocycles. The summed E-state index contributed by atoms with van der Waals surface area (Å²) in [5.41, 5.74) is 4.43. The van der Waals surface area contributed by atoms with Crippen LogP contribution in [0.5, 0.6) is 0 Å². The lowest BCUT2D eigenvalue weighted by Crippen LogP contribution is -2.20. The molecule has 29 heavy (non-hydrogen) atoms. The molecule has 0 spiro atoms. The predicted octanol–water partition coefficient (Wildman–Crippen LogP) is 5.16. The number of hydrogen-bond donors (Lipinski definition) is 2. The number of halogens is 1. The maximum atomic E-state index is 15.0. The molecule has 2 aromatic heterocycles. The molecule has 0 radical (unpaired) electrons. The highest BCUT2D eigenvalue weighted by Gasteiger charge is 2.15. The van der Waals surface area contributed by atoms with Crippen LogP contribution in [0.3, 0.4) is 0 Å². The molecule has 0 aliphatic carbocycles. The van der Waals surface area contributed by atoms with Crippen LogP contribution in [-0.2, 0) is 11.4 Å². The Hall–Kier alpha value is -2.90. The molecule has 2 N–H and O–H groups in total. The molecule has 2 heterocycles. The first kappa shape index (κ1) is 19.4. The fraction of sp³-hybridized carbons (Fsp3) is 0.182. The molecule has 148 valence electrons. The lowest BCUT2D eigenvalue weighted by molar-refractivity contribution is 0.586. The van der Waals surface area contributed by atoms with Crippen molar-refractivity contribution in [2.24, 2.45) is 5.92 Å². The zero-order valence-electron chi connectivity index (χ0n) is 16.1. The van der Waals surface area contributed by atoms with Gasteiger partial charge in [0.05, 0.1) is 28.9 Å². The van der Waals surface area contributed by atoms with Crippen LogP contribution >= 0.6 is 0 Å². The Morgan fingerprint density at radius 2 is 1.97 bits per heavy atom. The zero-order chi connectivity index (χ0) is 20.4. The summed E-state index contributed by atoms with van der Waals surface area (Å²) < 4.78 is 30.3. The molecule has 5 nitrogen and oxygen atoms in total. The Morgan fingerprint density at radius 3 is 2.76 bits per heavy atom. The van der Waals surface area contributed by atoms with Gasteiger partial charge < -0.3 is 9.54 Å². The minimum absolute atomic E-state index is 0.311. The van der Waals surface area contributed by atoms with E-state index in [4.69, 9.17) is 0 Å². The molecule has 0 amide bonds. The highest BCUT2D eigenvalue weighted by Crippen LogP contribution is 2.32. The van der Waals surface area contributed by atoms with Gasteiger partial charge in [-0.25, -0.2) is 19.1 Å². The Morgan fingerprint density at radius 1 is 1.14 bits per heavy atom. The van der Waals surface area contributed by atoms with Crippen LogP contribution < -0.4 is 4.72 Å². The van der Waals surface area contributed by atoms with Crippen LogP contribution in [-0.4, -0.2) is 25.3 Å². The SMILES string of the molecule is CC(C)C[S+]([O-])Nc1ccccc1-c1ccc(-c2cnc3[nH]ccc3n2)c(F)c1. The summed E-state index contributed by atoms with van der Waals surface area (Å²) in [6.45, 7) is 4.04. The number of para-hydroxylation sites is 1. The fourth-order valence-corrected chi connectivity index (χ4v) is 4.25. The topological polar surface area (TPSA) is 76.7 Å². The number of aromatic nitrogens is 3. The van der Waals surface area contributed by atoms with Gasteiger partial charge in [0.25, 0.3) is 0 Å². The van der Waals surface area contributed by atoms with Crippen molar-refractivity contribution in [1.29, 1.82) is 0 Å². The Bertz CT molecular complexity index is 1140. The van der Waals surface area contributed by atoms with Gasteiger partial charge in [0.2, 0.25) is 0 Å². The zero-order valence-corrected chi connectivity index (χ0v) is 17.0. The third-order valence-corrected chi connectivity index (χ3v) is 5.87. The third kappa shape index (κ3) is 4.26. The van der Waals surface area contributed by atoms with E-state index < -0.39 is 11.4 Å². The third-order valence-electron chi connectivity index (χ3n) is 4.45. The maximum absolute atomic E-state index is 15.0. The largest absolute Gasteiger partial charge is 0.593 e. The molecular weight excluding hydrogens is 387 g/mol. The van der Waals surface area contributed by atoms with Gasteiger partial charge in [0.15, 0.2) is 5.65 Å². The van der Waals surface area contributed by atoms with Crippen LogP contribution in [0.25, 0.3) is 33.5 Å². The molecule has 0 bridgehead atoms. The van der Waals surface area contributed by atoms with E-state index in [-0.39, 0.29) is 5.82 Å². The van der Waals surface area contributed by atoms with Gasteiger partial charge in [-0.15, -0.1) is 0 Å². The second kappa shape index (κ2) is 8.23. The summed E-state index contributed by atoms with van der Waals surface area (Å²) in [4.78, 5) is 11.7. The molecule has 0 saturated heterocycles. The number of fused-ring (bicyclic) bond motifs is 1. The Kier molecular flexibility index (Phi) is 5.51. The van der Waals surface area contributed by atoms with Crippen molar-refractivity contribution < 1.29 is 8.94 Å². The molecule has 7 heteroatoms. The van der Waals surface area contributed by atoms with Crippen LogP contribution in [0.15, 0.2) is 60.9 Å². The number of nitrogens with zero attached hydrogens (tertiary/aromatic N) is 2. The quantitative estimate of drug-likeness (QED) is 0.432. The van der Waals surface area contributed by atoms with Crippen LogP contribution in [0, 0.1) is 11.7 Å². The number of aromatic amines is 1. The average Bonchev–Trinajstić information content (AvgIpc) is 3.15. The van der Waals surface area contributed by atoms with E-state index in [2.05, 4.69) is 19.7 Å². The summed E-state index contributed by atoms with van der Waals surface area (Å²) in [7, 11) is 0. The van der Waals surface area contributed by atoms with E-state index >= 15 is 0 Å². The maximum Gasteiger partial charge on any atom is 0.156 e. The minimum atomic E-state index is -1.20. The summed E-state index contributed by atoms with van der Waals surface area (Å²) in [5.74, 6) is 0.470. The molecule has 4 rings (SSSR count). The second-order valence-electron chi connectivity index (χ2n) is 7.22. The smallest absolute Gasteiger partial charge is 0.156 e. The standard InChI is InChI=1S/C22H21FN4OS/c1-14(2)13-29(28)27-19-6-4-3-5-16(19)15-7-8-17(18(23)11-15)21-12-25-22-20(26-21)9-10-24-22/h3-12,14,27H,13H2,1-2H3,(H,24,25). The normalized spacial score (nSPS) is 12.4. The number of anilines is 1. The summed E-state index contributed by atoms with van der Waals surface area (Å²) in [6, 6.07) is 14.3. The van der Waals surface area contributed by atoms with E-state index in [9.17, 15) is 8.94 Å². The van der Waals surface area contributed by atoms with Crippen molar-refractivity contribution in [2.45, 2.75) is 13.8 Å². The molecule has 0 aliphatic heterocycles. The monoisotopic (exact) mass is 408 g/mol. The van der Waals surface area contributed by atoms with Gasteiger partial charge in [-0.2, -0.15) is 0 Å². The van der Waals surface area contributed by atoms with Crippen molar-refractivity contribution in [2.75, 3.05) is 10.5 Å². The van der Waals surface area contributed by atoms with Gasteiger partial charge in [-0.1, -0.05) is 38.1 Å². The highest BCUT2D eigenvalue weighted by atomic mass is 32.2. The van der Waals surface area contributed by atoms with Gasteiger partial charge in [0.1, 0.15) is 17.1 Å². The van der Waals surface area contributed by atoms with E-state index in [0.717, 1.165) is 5.56 Å². The van der Waals surface area contributed by atoms with E-state index in [1.165, 1.54) is 6.07 Å². The van der Waals surface area contributed by atoms with Crippen molar-refractivity contribution in [3.05, 3.63) is 66.7 Å². The van der Waals surface area contributed by atoms with E-state index in [1.54, 1.807) is 24.5 Å². The first-order valence-corrected chi connectivity index (χ1v) is 10.7. The van der Waals surface area contributed by atoms with Gasteiger partial charge in [-0.3, -0.25) is 0 Å². The van der Waals surface area contributed by atoms with E-state index in [0.29, 0.717) is 45.3 Å². The number of nitrogens with one attached hydrogen (secondary N) is 2. The molecule has 0 aliphatic rings. The lowest BCUT2D eigenvalue weighted by Gasteiger charge is -2.16. The summed E-state index contributed by atoms with van der Waals surface area (Å²) >= 11 is -1.20. The van der Waals surface area contributed by atoms with Crippen LogP contribution in [0.4, 0.5) is 10.1 Å². The van der Waals surface area contributed by atoms with Gasteiger partial charge in [0, 0.05) is 23.2 Å². The second-order valence-corrected chi connectivity index (χ2v) is 8.44. The summed E-state index contributed by atoms with van der Waals surface area (Å²) in [6.07, 6.45) is 3.31. The van der Waals surface area contributed by atoms with Crippen molar-refractivity contribution in [1.82, 2.24) is 15.0 Å². The summed E-state index contributed by atoms with van der Waals surface area (Å²) in [5, 5.41) is 0. The van der Waals surface area contributed by atoms with Gasteiger partial charge >= 0.3 is 0 Å². The molecule has 1 atom stereocenters. The Labute approximate surface area is 171 Å². The van der Waals surface area contributed by atoms with Crippen LogP contribution in [0.2, 0.25) is 0 Å². The van der Waals surface area contributed by atoms with Crippen molar-refractivity contribution in [3.63, 3.8) is 0 Å². The fourth-order valence-electron chi connectivity index (χ4n) is 3.14. The number of hydrogen-bond acceptors (Lipinski definition) is 4. The average molecular weight is 409 g/mol. The molecule has 0 fully saturated rings. The van der Waals surface area contributed by atoms with Crippen LogP contribution in [0.1, 0.15) is 13.8 Å². The molecule has 0 saturated carbocycles. The predicted molar refractivity (Wildman–Crippen MR) is 116 cm³/mol. The first-order chi connectivity index (χ1) is 14.0. The lowest BCUT2D eigenvalue weighted by atomic mass is 10.0. The number of rotatable bonds is 6. The number of H-pyrrole nitrogens is 1. The Balaban J connectivity index is 1.66. The minimum Gasteiger partial charge on any atom is -0.593 e. The van der Waals surface area contributed by atoms with E-state index in [1.807, 2.05) is 44.2 Å². The highest BCUT2D eigenvalue weighted by molar-refractivity contribution is 7.92. The molecule has 4 aromatic rings.